The molecule has 1 aliphatic heterocycles. The maximum Gasteiger partial charge on any atom is 0.0758 e. The summed E-state index contributed by atoms with van der Waals surface area (Å²) in [5.41, 5.74) is 0.328. The molecule has 1 atom stereocenters. The third kappa shape index (κ3) is 1.25. The third-order valence-electron chi connectivity index (χ3n) is 2.07. The lowest BCUT2D eigenvalue weighted by Crippen LogP contribution is -2.28. The summed E-state index contributed by atoms with van der Waals surface area (Å²) >= 11 is 0. The second-order valence-corrected chi connectivity index (χ2v) is 3.34. The number of hydrogen-bond acceptors (Lipinski definition) is 2. The molecular weight excluding hydrogens is 114 g/mol. The van der Waals surface area contributed by atoms with Gasteiger partial charge in [-0.25, -0.2) is 0 Å². The van der Waals surface area contributed by atoms with Crippen LogP contribution in [0.15, 0.2) is 0 Å². The van der Waals surface area contributed by atoms with E-state index < -0.39 is 0 Å². The molecular formula is C7H15NO. The molecule has 1 rings (SSSR count). The van der Waals surface area contributed by atoms with Gasteiger partial charge in [0.25, 0.3) is 0 Å². The summed E-state index contributed by atoms with van der Waals surface area (Å²) in [5, 5.41) is 3.29. The second-order valence-electron chi connectivity index (χ2n) is 3.34. The third-order valence-corrected chi connectivity index (χ3v) is 2.07. The first-order valence-electron chi connectivity index (χ1n) is 3.40. The molecule has 0 aliphatic carbocycles. The molecule has 54 valence electrons. The Bertz CT molecular complexity index is 101. The van der Waals surface area contributed by atoms with Crippen molar-refractivity contribution in [3.05, 3.63) is 0 Å². The average molecular weight is 129 g/mol. The van der Waals surface area contributed by atoms with Gasteiger partial charge in [-0.1, -0.05) is 13.8 Å². The molecule has 0 amide bonds. The standard InChI is InChI=1S/C7H15NO/c1-7(2)5-8-4-6(7)9-3/h6,8H,4-5H2,1-3H3/t6-/m0/s1. The highest BCUT2D eigenvalue weighted by molar-refractivity contribution is 4.88. The first-order chi connectivity index (χ1) is 4.17. The molecule has 0 saturated carbocycles. The highest BCUT2D eigenvalue weighted by atomic mass is 16.5. The number of methoxy groups -OCH3 is 1. The van der Waals surface area contributed by atoms with Crippen molar-refractivity contribution in [2.75, 3.05) is 20.2 Å². The van der Waals surface area contributed by atoms with Crippen molar-refractivity contribution >= 4 is 0 Å². The Kier molecular flexibility index (Phi) is 1.78. The van der Waals surface area contributed by atoms with Gasteiger partial charge < -0.3 is 10.1 Å². The molecule has 0 spiro atoms. The SMILES string of the molecule is CO[C@H]1CNCC1(C)C. The Balaban J connectivity index is 2.52. The maximum atomic E-state index is 5.26. The van der Waals surface area contributed by atoms with Crippen LogP contribution in [0, 0.1) is 5.41 Å². The Morgan fingerprint density at radius 2 is 2.22 bits per heavy atom. The van der Waals surface area contributed by atoms with E-state index in [1.165, 1.54) is 0 Å². The van der Waals surface area contributed by atoms with Crippen LogP contribution in [-0.2, 0) is 4.74 Å². The predicted octanol–water partition coefficient (Wildman–Crippen LogP) is 0.631. The van der Waals surface area contributed by atoms with Crippen molar-refractivity contribution < 1.29 is 4.74 Å². The summed E-state index contributed by atoms with van der Waals surface area (Å²) in [5.74, 6) is 0. The number of hydrogen-bond donors (Lipinski definition) is 1. The minimum atomic E-state index is 0.328. The quantitative estimate of drug-likeness (QED) is 0.560. The molecule has 0 aromatic carbocycles. The zero-order chi connectivity index (χ0) is 6.91. The van der Waals surface area contributed by atoms with E-state index in [2.05, 4.69) is 19.2 Å². The molecule has 1 aliphatic rings. The van der Waals surface area contributed by atoms with Gasteiger partial charge in [-0.2, -0.15) is 0 Å². The van der Waals surface area contributed by atoms with Gasteiger partial charge in [0.15, 0.2) is 0 Å². The van der Waals surface area contributed by atoms with Crippen LogP contribution in [-0.4, -0.2) is 26.3 Å². The summed E-state index contributed by atoms with van der Waals surface area (Å²) in [6.07, 6.45) is 0.400. The van der Waals surface area contributed by atoms with Crippen LogP contribution in [0.1, 0.15) is 13.8 Å². The fourth-order valence-corrected chi connectivity index (χ4v) is 1.32. The normalized spacial score (nSPS) is 33.0. The highest BCUT2D eigenvalue weighted by Crippen LogP contribution is 2.25. The van der Waals surface area contributed by atoms with Crippen LogP contribution in [0.3, 0.4) is 0 Å². The molecule has 0 unspecified atom stereocenters. The van der Waals surface area contributed by atoms with E-state index in [0.29, 0.717) is 11.5 Å². The Morgan fingerprint density at radius 1 is 1.56 bits per heavy atom. The first-order valence-corrected chi connectivity index (χ1v) is 3.40. The van der Waals surface area contributed by atoms with Gasteiger partial charge in [0.05, 0.1) is 6.10 Å². The lowest BCUT2D eigenvalue weighted by molar-refractivity contribution is 0.0443. The number of nitrogens with one attached hydrogen (secondary N) is 1. The van der Waals surface area contributed by atoms with Crippen molar-refractivity contribution in [1.82, 2.24) is 5.32 Å². The van der Waals surface area contributed by atoms with E-state index in [0.717, 1.165) is 13.1 Å². The van der Waals surface area contributed by atoms with Gasteiger partial charge in [-0.05, 0) is 0 Å². The fraction of sp³-hybridized carbons (Fsp3) is 1.00. The summed E-state index contributed by atoms with van der Waals surface area (Å²) in [6.45, 7) is 6.53. The number of rotatable bonds is 1. The summed E-state index contributed by atoms with van der Waals surface area (Å²) in [6, 6.07) is 0. The van der Waals surface area contributed by atoms with Crippen LogP contribution in [0.25, 0.3) is 0 Å². The van der Waals surface area contributed by atoms with Crippen LogP contribution in [0.4, 0.5) is 0 Å². The summed E-state index contributed by atoms with van der Waals surface area (Å²) in [7, 11) is 1.78. The van der Waals surface area contributed by atoms with Gasteiger partial charge in [-0.3, -0.25) is 0 Å². The summed E-state index contributed by atoms with van der Waals surface area (Å²) in [4.78, 5) is 0. The topological polar surface area (TPSA) is 21.3 Å². The maximum absolute atomic E-state index is 5.26. The Hall–Kier alpha value is -0.0800. The summed E-state index contributed by atoms with van der Waals surface area (Å²) < 4.78 is 5.26. The van der Waals surface area contributed by atoms with E-state index in [4.69, 9.17) is 4.74 Å². The second kappa shape index (κ2) is 2.27. The molecule has 0 aromatic heterocycles. The fourth-order valence-electron chi connectivity index (χ4n) is 1.32. The van der Waals surface area contributed by atoms with Gasteiger partial charge in [0.2, 0.25) is 0 Å². The van der Waals surface area contributed by atoms with Gasteiger partial charge in [-0.15, -0.1) is 0 Å². The van der Waals surface area contributed by atoms with Crippen molar-refractivity contribution in [1.29, 1.82) is 0 Å². The van der Waals surface area contributed by atoms with Gasteiger partial charge >= 0.3 is 0 Å². The van der Waals surface area contributed by atoms with E-state index >= 15 is 0 Å². The van der Waals surface area contributed by atoms with Crippen LogP contribution in [0.5, 0.6) is 0 Å². The van der Waals surface area contributed by atoms with Crippen molar-refractivity contribution in [3.8, 4) is 0 Å². The first kappa shape index (κ1) is 7.03. The number of ether oxygens (including phenoxy) is 1. The van der Waals surface area contributed by atoms with Crippen LogP contribution >= 0.6 is 0 Å². The molecule has 0 radical (unpaired) electrons. The van der Waals surface area contributed by atoms with Crippen LogP contribution in [0.2, 0.25) is 0 Å². The molecule has 1 heterocycles. The molecule has 0 bridgehead atoms. The smallest absolute Gasteiger partial charge is 0.0758 e. The monoisotopic (exact) mass is 129 g/mol. The highest BCUT2D eigenvalue weighted by Gasteiger charge is 2.34. The predicted molar refractivity (Wildman–Crippen MR) is 37.4 cm³/mol. The molecule has 1 N–H and O–H groups in total. The lowest BCUT2D eigenvalue weighted by Gasteiger charge is -2.23. The van der Waals surface area contributed by atoms with E-state index in [9.17, 15) is 0 Å². The minimum absolute atomic E-state index is 0.328. The average Bonchev–Trinajstić information content (AvgIpc) is 2.08. The molecule has 1 saturated heterocycles. The lowest BCUT2D eigenvalue weighted by atomic mass is 9.90. The molecule has 9 heavy (non-hydrogen) atoms. The molecule has 1 fully saturated rings. The minimum Gasteiger partial charge on any atom is -0.380 e. The zero-order valence-electron chi connectivity index (χ0n) is 6.40. The Labute approximate surface area is 56.6 Å². The van der Waals surface area contributed by atoms with E-state index in [1.54, 1.807) is 7.11 Å². The molecule has 2 heteroatoms. The molecule has 0 aromatic rings. The van der Waals surface area contributed by atoms with Gasteiger partial charge in [0.1, 0.15) is 0 Å². The van der Waals surface area contributed by atoms with Crippen LogP contribution < -0.4 is 5.32 Å². The zero-order valence-corrected chi connectivity index (χ0v) is 6.40. The van der Waals surface area contributed by atoms with Crippen molar-refractivity contribution in [3.63, 3.8) is 0 Å². The van der Waals surface area contributed by atoms with Crippen molar-refractivity contribution in [2.45, 2.75) is 20.0 Å². The van der Waals surface area contributed by atoms with E-state index in [-0.39, 0.29) is 0 Å². The van der Waals surface area contributed by atoms with Gasteiger partial charge in [0, 0.05) is 25.6 Å². The van der Waals surface area contributed by atoms with E-state index in [1.807, 2.05) is 0 Å². The molecule has 2 nitrogen and oxygen atoms in total. The largest absolute Gasteiger partial charge is 0.380 e. The Morgan fingerprint density at radius 3 is 2.44 bits per heavy atom. The van der Waals surface area contributed by atoms with Crippen molar-refractivity contribution in [2.24, 2.45) is 5.41 Å².